The summed E-state index contributed by atoms with van der Waals surface area (Å²) in [5.74, 6) is -0.653. The number of methoxy groups -OCH3 is 1. The number of carbonyl (C=O) groups is 1. The lowest BCUT2D eigenvalue weighted by molar-refractivity contribution is 0.0600. The molecule has 0 unspecified atom stereocenters. The molecule has 98 valence electrons. The van der Waals surface area contributed by atoms with E-state index >= 15 is 0 Å². The van der Waals surface area contributed by atoms with Gasteiger partial charge in [-0.2, -0.15) is 0 Å². The smallest absolute Gasteiger partial charge is 0.342 e. The lowest BCUT2D eigenvalue weighted by Gasteiger charge is -2.14. The first kappa shape index (κ1) is 10.4. The predicted molar refractivity (Wildman–Crippen MR) is 73.5 cm³/mol. The number of esters is 1. The average Bonchev–Trinajstić information content (AvgIpc) is 2.35. The molecule has 0 spiro atoms. The fourth-order valence-corrected chi connectivity index (χ4v) is 1.79. The van der Waals surface area contributed by atoms with Crippen molar-refractivity contribution >= 4 is 33.5 Å². The summed E-state index contributed by atoms with van der Waals surface area (Å²) in [4.78, 5) is 15.9. The van der Waals surface area contributed by atoms with Crippen LogP contribution in [0.4, 0.5) is 5.82 Å². The number of ether oxygens (including phenoxy) is 2. The van der Waals surface area contributed by atoms with E-state index in [-0.39, 0.29) is 17.1 Å². The Bertz CT molecular complexity index is 561. The summed E-state index contributed by atoms with van der Waals surface area (Å²) < 4.78 is 32.1. The second-order valence-electron chi connectivity index (χ2n) is 3.19. The zero-order chi connectivity index (χ0) is 16.2. The number of nitrogens with one attached hydrogen (secondary N) is 1. The molecule has 0 bridgehead atoms. The molecule has 0 aromatic carbocycles. The van der Waals surface area contributed by atoms with E-state index in [2.05, 4.69) is 37.5 Å². The number of hydrogen-bond donors (Lipinski definition) is 1. The maximum atomic E-state index is 12.0. The van der Waals surface area contributed by atoms with Crippen LogP contribution >= 0.6 is 15.9 Å². The van der Waals surface area contributed by atoms with Crippen LogP contribution in [0.25, 0.3) is 5.76 Å². The van der Waals surface area contributed by atoms with Crippen LogP contribution < -0.4 is 5.32 Å². The average molecular weight is 318 g/mol. The lowest BCUT2D eigenvalue weighted by Crippen LogP contribution is -2.12. The Labute approximate surface area is 119 Å². The van der Waals surface area contributed by atoms with Crippen molar-refractivity contribution in [3.05, 3.63) is 28.4 Å². The second kappa shape index (κ2) is 6.39. The van der Waals surface area contributed by atoms with E-state index in [9.17, 15) is 4.79 Å². The van der Waals surface area contributed by atoms with Gasteiger partial charge in [-0.3, -0.25) is 0 Å². The molecule has 1 aromatic heterocycles. The summed E-state index contributed by atoms with van der Waals surface area (Å²) in [6, 6.07) is 1.51. The van der Waals surface area contributed by atoms with Gasteiger partial charge in [0, 0.05) is 16.7 Å². The van der Waals surface area contributed by atoms with Crippen LogP contribution in [0.2, 0.25) is 0 Å². The molecule has 0 saturated carbocycles. The number of aromatic nitrogens is 1. The van der Waals surface area contributed by atoms with Crippen LogP contribution in [-0.2, 0) is 9.47 Å². The van der Waals surface area contributed by atoms with Gasteiger partial charge in [0.25, 0.3) is 0 Å². The standard InChI is InChI=1S/C12H15BrN2O3/c1-5-18-7(2)8-6-9(13)15-11(14-3)10(8)12(16)17-4/h6H,2,5H2,1,3-4H3,(H,14,15)/i3D3. The molecule has 1 N–H and O–H groups in total. The molecule has 0 aliphatic carbocycles. The van der Waals surface area contributed by atoms with Crippen LogP contribution in [0.1, 0.15) is 27.0 Å². The molecular weight excluding hydrogens is 300 g/mol. The molecule has 5 nitrogen and oxygen atoms in total. The van der Waals surface area contributed by atoms with Gasteiger partial charge in [-0.1, -0.05) is 6.58 Å². The Morgan fingerprint density at radius 3 is 3.00 bits per heavy atom. The van der Waals surface area contributed by atoms with Crippen molar-refractivity contribution in [3.63, 3.8) is 0 Å². The number of anilines is 1. The highest BCUT2D eigenvalue weighted by atomic mass is 79.9. The Hall–Kier alpha value is -1.56. The maximum absolute atomic E-state index is 12.0. The summed E-state index contributed by atoms with van der Waals surface area (Å²) in [6.07, 6.45) is 0. The van der Waals surface area contributed by atoms with Crippen LogP contribution in [0.5, 0.6) is 0 Å². The first-order valence-electron chi connectivity index (χ1n) is 6.58. The van der Waals surface area contributed by atoms with E-state index < -0.39 is 12.9 Å². The molecular formula is C12H15BrN2O3. The molecule has 1 aromatic rings. The van der Waals surface area contributed by atoms with Gasteiger partial charge in [-0.15, -0.1) is 0 Å². The first-order valence-corrected chi connectivity index (χ1v) is 5.88. The molecule has 0 saturated heterocycles. The molecule has 1 heterocycles. The fraction of sp³-hybridized carbons (Fsp3) is 0.333. The first-order chi connectivity index (χ1) is 9.69. The Morgan fingerprint density at radius 1 is 1.72 bits per heavy atom. The zero-order valence-corrected chi connectivity index (χ0v) is 11.6. The van der Waals surface area contributed by atoms with E-state index in [0.29, 0.717) is 16.8 Å². The van der Waals surface area contributed by atoms with Gasteiger partial charge >= 0.3 is 5.97 Å². The number of pyridine rings is 1. The topological polar surface area (TPSA) is 60.5 Å². The van der Waals surface area contributed by atoms with Gasteiger partial charge in [0.15, 0.2) is 0 Å². The second-order valence-corrected chi connectivity index (χ2v) is 4.00. The Kier molecular flexibility index (Phi) is 3.68. The quantitative estimate of drug-likeness (QED) is 0.514. The minimum atomic E-state index is -2.51. The zero-order valence-electron chi connectivity index (χ0n) is 13.0. The normalized spacial score (nSPS) is 12.9. The third-order valence-corrected chi connectivity index (χ3v) is 2.52. The number of carbonyl (C=O) groups excluding carboxylic acids is 1. The Balaban J connectivity index is 3.48. The number of rotatable bonds is 5. The van der Waals surface area contributed by atoms with Crippen molar-refractivity contribution in [3.8, 4) is 0 Å². The largest absolute Gasteiger partial charge is 0.494 e. The van der Waals surface area contributed by atoms with Gasteiger partial charge in [-0.05, 0) is 28.9 Å². The number of hydrogen-bond acceptors (Lipinski definition) is 5. The van der Waals surface area contributed by atoms with Gasteiger partial charge < -0.3 is 14.8 Å². The van der Waals surface area contributed by atoms with Crippen LogP contribution in [0, 0.1) is 0 Å². The highest BCUT2D eigenvalue weighted by Gasteiger charge is 2.21. The third-order valence-electron chi connectivity index (χ3n) is 2.12. The highest BCUT2D eigenvalue weighted by molar-refractivity contribution is 9.10. The molecule has 18 heavy (non-hydrogen) atoms. The van der Waals surface area contributed by atoms with E-state index in [4.69, 9.17) is 8.85 Å². The minimum absolute atomic E-state index is 0.0460. The summed E-state index contributed by atoms with van der Waals surface area (Å²) in [7, 11) is 1.19. The highest BCUT2D eigenvalue weighted by Crippen LogP contribution is 2.28. The number of halogens is 1. The van der Waals surface area contributed by atoms with Crippen molar-refractivity contribution in [2.24, 2.45) is 0 Å². The van der Waals surface area contributed by atoms with Gasteiger partial charge in [0.2, 0.25) is 0 Å². The summed E-state index contributed by atoms with van der Waals surface area (Å²) in [5.41, 5.74) is 0.257. The summed E-state index contributed by atoms with van der Waals surface area (Å²) in [6.45, 7) is 3.32. The molecule has 6 heteroatoms. The Morgan fingerprint density at radius 2 is 2.44 bits per heavy atom. The third kappa shape index (κ3) is 3.01. The molecule has 0 amide bonds. The van der Waals surface area contributed by atoms with Gasteiger partial charge in [0.1, 0.15) is 21.7 Å². The van der Waals surface area contributed by atoms with Crippen LogP contribution in [0.3, 0.4) is 0 Å². The maximum Gasteiger partial charge on any atom is 0.342 e. The van der Waals surface area contributed by atoms with Crippen molar-refractivity contribution in [2.45, 2.75) is 6.92 Å². The SMILES string of the molecule is [2H]C([2H])([2H])Nc1nc(Br)cc(C(=C)OCC)c1C(=O)OC. The van der Waals surface area contributed by atoms with E-state index in [0.717, 1.165) is 0 Å². The predicted octanol–water partition coefficient (Wildman–Crippen LogP) is 2.68. The molecule has 0 fully saturated rings. The molecule has 0 aliphatic rings. The molecule has 0 atom stereocenters. The molecule has 0 radical (unpaired) electrons. The van der Waals surface area contributed by atoms with Crippen molar-refractivity contribution in [2.75, 3.05) is 26.0 Å². The number of nitrogens with zero attached hydrogens (tertiary/aromatic N) is 1. The van der Waals surface area contributed by atoms with Crippen molar-refractivity contribution < 1.29 is 18.4 Å². The fourth-order valence-electron chi connectivity index (χ4n) is 1.38. The van der Waals surface area contributed by atoms with Crippen LogP contribution in [-0.4, -0.2) is 31.6 Å². The molecule has 1 rings (SSSR count). The summed E-state index contributed by atoms with van der Waals surface area (Å²) in [5, 5.41) is 2.20. The van der Waals surface area contributed by atoms with Crippen LogP contribution in [0.15, 0.2) is 17.2 Å². The molecule has 0 aliphatic heterocycles. The minimum Gasteiger partial charge on any atom is -0.494 e. The summed E-state index contributed by atoms with van der Waals surface area (Å²) >= 11 is 3.16. The monoisotopic (exact) mass is 317 g/mol. The lowest BCUT2D eigenvalue weighted by atomic mass is 10.1. The van der Waals surface area contributed by atoms with Gasteiger partial charge in [0.05, 0.1) is 13.7 Å². The van der Waals surface area contributed by atoms with Crippen molar-refractivity contribution in [1.82, 2.24) is 4.98 Å². The van der Waals surface area contributed by atoms with E-state index in [1.54, 1.807) is 6.92 Å². The van der Waals surface area contributed by atoms with Crippen molar-refractivity contribution in [1.29, 1.82) is 0 Å². The van der Waals surface area contributed by atoms with E-state index in [1.165, 1.54) is 13.2 Å². The van der Waals surface area contributed by atoms with Gasteiger partial charge in [-0.25, -0.2) is 9.78 Å². The van der Waals surface area contributed by atoms with E-state index in [1.807, 2.05) is 0 Å².